The van der Waals surface area contributed by atoms with E-state index in [1.54, 1.807) is 0 Å². The normalized spacial score (nSPS) is 24.8. The lowest BCUT2D eigenvalue weighted by Crippen LogP contribution is -2.26. The molecule has 0 saturated heterocycles. The van der Waals surface area contributed by atoms with Gasteiger partial charge in [0.1, 0.15) is 0 Å². The van der Waals surface area contributed by atoms with E-state index in [0.29, 0.717) is 12.2 Å². The molecule has 2 heteroatoms. The van der Waals surface area contributed by atoms with E-state index in [1.165, 1.54) is 38.5 Å². The van der Waals surface area contributed by atoms with Crippen molar-refractivity contribution in [1.29, 1.82) is 0 Å². The van der Waals surface area contributed by atoms with Crippen LogP contribution >= 0.6 is 0 Å². The van der Waals surface area contributed by atoms with Crippen LogP contribution in [-0.4, -0.2) is 25.4 Å². The lowest BCUT2D eigenvalue weighted by Gasteiger charge is -2.28. The van der Waals surface area contributed by atoms with Gasteiger partial charge in [0.15, 0.2) is 0 Å². The molecule has 1 rings (SSSR count). The van der Waals surface area contributed by atoms with Crippen LogP contribution in [-0.2, 0) is 9.47 Å². The lowest BCUT2D eigenvalue weighted by molar-refractivity contribution is -0.0252. The fourth-order valence-electron chi connectivity index (χ4n) is 2.43. The third kappa shape index (κ3) is 7.17. The minimum Gasteiger partial charge on any atom is -0.378 e. The molecule has 0 aromatic rings. The summed E-state index contributed by atoms with van der Waals surface area (Å²) < 4.78 is 11.7. The molecule has 0 radical (unpaired) electrons. The van der Waals surface area contributed by atoms with Gasteiger partial charge in [-0.3, -0.25) is 0 Å². The van der Waals surface area contributed by atoms with Gasteiger partial charge in [0.05, 0.1) is 18.8 Å². The van der Waals surface area contributed by atoms with Crippen LogP contribution < -0.4 is 0 Å². The van der Waals surface area contributed by atoms with Crippen molar-refractivity contribution in [2.75, 3.05) is 13.2 Å². The summed E-state index contributed by atoms with van der Waals surface area (Å²) in [4.78, 5) is 0. The van der Waals surface area contributed by atoms with E-state index in [-0.39, 0.29) is 0 Å². The Hall–Kier alpha value is -0.340. The van der Waals surface area contributed by atoms with E-state index >= 15 is 0 Å². The van der Waals surface area contributed by atoms with E-state index in [2.05, 4.69) is 13.0 Å². The molecule has 18 heavy (non-hydrogen) atoms. The fourth-order valence-corrected chi connectivity index (χ4v) is 2.43. The predicted octanol–water partition coefficient (Wildman–Crippen LogP) is 4.49. The first-order valence-corrected chi connectivity index (χ1v) is 7.71. The summed E-state index contributed by atoms with van der Waals surface area (Å²) in [6.45, 7) is 6.00. The number of hydrogen-bond donors (Lipinski definition) is 0. The topological polar surface area (TPSA) is 18.5 Å². The summed E-state index contributed by atoms with van der Waals surface area (Å²) in [6.07, 6.45) is 14.9. The van der Waals surface area contributed by atoms with Gasteiger partial charge in [0, 0.05) is 6.61 Å². The van der Waals surface area contributed by atoms with Gasteiger partial charge in [0.2, 0.25) is 0 Å². The summed E-state index contributed by atoms with van der Waals surface area (Å²) in [7, 11) is 0. The molecule has 0 heterocycles. The van der Waals surface area contributed by atoms with Crippen molar-refractivity contribution >= 4 is 0 Å². The van der Waals surface area contributed by atoms with E-state index < -0.39 is 0 Å². The molecule has 1 fully saturated rings. The van der Waals surface area contributed by atoms with E-state index in [9.17, 15) is 0 Å². The molecule has 106 valence electrons. The van der Waals surface area contributed by atoms with Crippen molar-refractivity contribution in [3.8, 4) is 0 Å². The summed E-state index contributed by atoms with van der Waals surface area (Å²) >= 11 is 0. The highest BCUT2D eigenvalue weighted by molar-refractivity contribution is 4.79. The van der Waals surface area contributed by atoms with E-state index in [1.807, 2.05) is 13.0 Å². The Labute approximate surface area is 113 Å². The number of rotatable bonds is 9. The highest BCUT2D eigenvalue weighted by atomic mass is 16.5. The maximum Gasteiger partial charge on any atom is 0.0651 e. The molecule has 1 aliphatic carbocycles. The monoisotopic (exact) mass is 254 g/mol. The Balaban J connectivity index is 1.97. The minimum absolute atomic E-state index is 0.459. The molecule has 0 atom stereocenters. The van der Waals surface area contributed by atoms with Crippen molar-refractivity contribution in [2.45, 2.75) is 77.4 Å². The average molecular weight is 254 g/mol. The van der Waals surface area contributed by atoms with Gasteiger partial charge in [-0.05, 0) is 39.0 Å². The first-order chi connectivity index (χ1) is 8.86. The zero-order valence-electron chi connectivity index (χ0n) is 12.2. The second-order valence-corrected chi connectivity index (χ2v) is 5.23. The Kier molecular flexibility index (Phi) is 9.23. The Bertz CT molecular complexity index is 205. The largest absolute Gasteiger partial charge is 0.378 e. The smallest absolute Gasteiger partial charge is 0.0651 e. The fraction of sp³-hybridized carbons (Fsp3) is 0.875. The molecule has 0 amide bonds. The second-order valence-electron chi connectivity index (χ2n) is 5.23. The van der Waals surface area contributed by atoms with Gasteiger partial charge in [-0.2, -0.15) is 0 Å². The number of ether oxygens (including phenoxy) is 2. The Morgan fingerprint density at radius 3 is 2.22 bits per heavy atom. The zero-order chi connectivity index (χ0) is 13.1. The average Bonchev–Trinajstić information content (AvgIpc) is 2.40. The third-order valence-corrected chi connectivity index (χ3v) is 3.64. The van der Waals surface area contributed by atoms with Crippen LogP contribution in [0.2, 0.25) is 0 Å². The molecular weight excluding hydrogens is 224 g/mol. The van der Waals surface area contributed by atoms with Gasteiger partial charge in [-0.15, -0.1) is 0 Å². The summed E-state index contributed by atoms with van der Waals surface area (Å²) in [5, 5.41) is 0. The first kappa shape index (κ1) is 15.7. The maximum absolute atomic E-state index is 5.93. The predicted molar refractivity (Wildman–Crippen MR) is 76.9 cm³/mol. The van der Waals surface area contributed by atoms with Crippen LogP contribution in [0.5, 0.6) is 0 Å². The minimum atomic E-state index is 0.459. The Morgan fingerprint density at radius 2 is 1.61 bits per heavy atom. The lowest BCUT2D eigenvalue weighted by atomic mass is 9.95. The molecule has 0 spiro atoms. The number of allylic oxidation sites excluding steroid dienone is 1. The summed E-state index contributed by atoms with van der Waals surface area (Å²) in [5.74, 6) is 0. The SMILES string of the molecule is CC=CCOC1CCC(OCCCCCC)CC1. The molecule has 0 aliphatic heterocycles. The maximum atomic E-state index is 5.93. The van der Waals surface area contributed by atoms with Gasteiger partial charge in [-0.25, -0.2) is 0 Å². The molecule has 1 aliphatic rings. The standard InChI is InChI=1S/C16H30O2/c1-3-5-7-8-14-18-16-11-9-15(10-12-16)17-13-6-4-2/h4,6,15-16H,3,5,7-14H2,1-2H3. The molecule has 2 nitrogen and oxygen atoms in total. The van der Waals surface area contributed by atoms with Crippen molar-refractivity contribution in [3.63, 3.8) is 0 Å². The molecule has 0 aromatic carbocycles. The van der Waals surface area contributed by atoms with Gasteiger partial charge in [-0.1, -0.05) is 38.3 Å². The van der Waals surface area contributed by atoms with Crippen LogP contribution in [0.4, 0.5) is 0 Å². The molecule has 0 aromatic heterocycles. The molecule has 0 N–H and O–H groups in total. The van der Waals surface area contributed by atoms with E-state index in [0.717, 1.165) is 26.1 Å². The van der Waals surface area contributed by atoms with Gasteiger partial charge in [0.25, 0.3) is 0 Å². The Morgan fingerprint density at radius 1 is 0.944 bits per heavy atom. The van der Waals surface area contributed by atoms with Crippen molar-refractivity contribution < 1.29 is 9.47 Å². The third-order valence-electron chi connectivity index (χ3n) is 3.64. The molecule has 0 bridgehead atoms. The molecule has 1 saturated carbocycles. The van der Waals surface area contributed by atoms with Crippen LogP contribution in [0.15, 0.2) is 12.2 Å². The zero-order valence-corrected chi connectivity index (χ0v) is 12.2. The van der Waals surface area contributed by atoms with Crippen molar-refractivity contribution in [3.05, 3.63) is 12.2 Å². The van der Waals surface area contributed by atoms with Crippen LogP contribution in [0.3, 0.4) is 0 Å². The van der Waals surface area contributed by atoms with Crippen LogP contribution in [0.25, 0.3) is 0 Å². The van der Waals surface area contributed by atoms with Crippen LogP contribution in [0.1, 0.15) is 65.2 Å². The second kappa shape index (κ2) is 10.6. The van der Waals surface area contributed by atoms with Crippen molar-refractivity contribution in [1.82, 2.24) is 0 Å². The summed E-state index contributed by atoms with van der Waals surface area (Å²) in [6, 6.07) is 0. The highest BCUT2D eigenvalue weighted by Crippen LogP contribution is 2.23. The number of hydrogen-bond acceptors (Lipinski definition) is 2. The van der Waals surface area contributed by atoms with Gasteiger partial charge < -0.3 is 9.47 Å². The molecular formula is C16H30O2. The number of unbranched alkanes of at least 4 members (excludes halogenated alkanes) is 3. The first-order valence-electron chi connectivity index (χ1n) is 7.71. The quantitative estimate of drug-likeness (QED) is 0.446. The highest BCUT2D eigenvalue weighted by Gasteiger charge is 2.21. The van der Waals surface area contributed by atoms with E-state index in [4.69, 9.17) is 9.47 Å². The molecule has 0 unspecified atom stereocenters. The summed E-state index contributed by atoms with van der Waals surface area (Å²) in [5.41, 5.74) is 0. The van der Waals surface area contributed by atoms with Crippen LogP contribution in [0, 0.1) is 0 Å². The van der Waals surface area contributed by atoms with Gasteiger partial charge >= 0.3 is 0 Å². The van der Waals surface area contributed by atoms with Crippen molar-refractivity contribution in [2.24, 2.45) is 0 Å².